The van der Waals surface area contributed by atoms with Gasteiger partial charge in [0.1, 0.15) is 5.75 Å². The summed E-state index contributed by atoms with van der Waals surface area (Å²) in [6.07, 6.45) is 0.293. The minimum Gasteiger partial charge on any atom is -0.497 e. The molecule has 0 bridgehead atoms. The van der Waals surface area contributed by atoms with E-state index < -0.39 is 6.10 Å². The van der Waals surface area contributed by atoms with Gasteiger partial charge in [-0.2, -0.15) is 0 Å². The van der Waals surface area contributed by atoms with Gasteiger partial charge < -0.3 is 20.9 Å². The van der Waals surface area contributed by atoms with Crippen molar-refractivity contribution in [3.63, 3.8) is 0 Å². The molecule has 122 valence electrons. The number of hydrogen-bond donors (Lipinski definition) is 3. The Kier molecular flexibility index (Phi) is 6.00. The van der Waals surface area contributed by atoms with Crippen LogP contribution < -0.4 is 15.8 Å². The second kappa shape index (κ2) is 8.19. The van der Waals surface area contributed by atoms with Crippen LogP contribution in [-0.4, -0.2) is 24.7 Å². The van der Waals surface area contributed by atoms with E-state index in [4.69, 9.17) is 10.5 Å². The number of aliphatic hydroxyl groups excluding tert-OH is 1. The van der Waals surface area contributed by atoms with Gasteiger partial charge in [0.15, 0.2) is 5.96 Å². The summed E-state index contributed by atoms with van der Waals surface area (Å²) in [5.41, 5.74) is 8.77. The lowest BCUT2D eigenvalue weighted by Crippen LogP contribution is -2.23. The molecule has 2 aromatic rings. The largest absolute Gasteiger partial charge is 0.497 e. The highest BCUT2D eigenvalue weighted by Crippen LogP contribution is 2.17. The zero-order valence-corrected chi connectivity index (χ0v) is 13.5. The van der Waals surface area contributed by atoms with Crippen LogP contribution in [0.5, 0.6) is 5.75 Å². The molecule has 0 saturated carbocycles. The molecule has 1 atom stereocenters. The summed E-state index contributed by atoms with van der Waals surface area (Å²) >= 11 is 0. The number of hydrogen-bond acceptors (Lipinski definition) is 3. The van der Waals surface area contributed by atoms with E-state index in [2.05, 4.69) is 17.2 Å². The molecule has 0 aliphatic carbocycles. The standard InChI is InChI=1S/C18H23N3O2/c1-3-13-4-8-15(9-5-13)21-18(19)20-12-17(22)14-6-10-16(23-2)11-7-14/h4-11,17,22H,3,12H2,1-2H3,(H3,19,20,21)/t17-/m1/s1. The van der Waals surface area contributed by atoms with Crippen LogP contribution in [0.15, 0.2) is 53.5 Å². The van der Waals surface area contributed by atoms with E-state index in [0.717, 1.165) is 23.4 Å². The summed E-state index contributed by atoms with van der Waals surface area (Å²) in [7, 11) is 1.61. The molecule has 0 saturated heterocycles. The van der Waals surface area contributed by atoms with E-state index in [-0.39, 0.29) is 12.5 Å². The third kappa shape index (κ3) is 5.00. The Morgan fingerprint density at radius 2 is 1.83 bits per heavy atom. The minimum atomic E-state index is -0.705. The Morgan fingerprint density at radius 3 is 2.39 bits per heavy atom. The smallest absolute Gasteiger partial charge is 0.193 e. The molecule has 0 aliphatic heterocycles. The number of rotatable bonds is 6. The molecule has 0 aromatic heterocycles. The molecule has 0 amide bonds. The Morgan fingerprint density at radius 1 is 1.17 bits per heavy atom. The third-order valence-corrected chi connectivity index (χ3v) is 3.57. The predicted octanol–water partition coefficient (Wildman–Crippen LogP) is 2.72. The lowest BCUT2D eigenvalue weighted by molar-refractivity contribution is 0.187. The molecule has 2 aromatic carbocycles. The second-order valence-electron chi connectivity index (χ2n) is 5.19. The lowest BCUT2D eigenvalue weighted by Gasteiger charge is -2.11. The van der Waals surface area contributed by atoms with Gasteiger partial charge in [0.05, 0.1) is 19.8 Å². The summed E-state index contributed by atoms with van der Waals surface area (Å²) in [6.45, 7) is 2.30. The highest BCUT2D eigenvalue weighted by atomic mass is 16.5. The number of benzene rings is 2. The maximum absolute atomic E-state index is 10.1. The van der Waals surface area contributed by atoms with Crippen molar-refractivity contribution in [2.75, 3.05) is 19.0 Å². The second-order valence-corrected chi connectivity index (χ2v) is 5.19. The predicted molar refractivity (Wildman–Crippen MR) is 93.9 cm³/mol. The highest BCUT2D eigenvalue weighted by Gasteiger charge is 2.07. The number of aryl methyl sites for hydroxylation is 1. The van der Waals surface area contributed by atoms with E-state index >= 15 is 0 Å². The third-order valence-electron chi connectivity index (χ3n) is 3.57. The van der Waals surface area contributed by atoms with Crippen molar-refractivity contribution in [3.05, 3.63) is 59.7 Å². The number of ether oxygens (including phenoxy) is 1. The lowest BCUT2D eigenvalue weighted by atomic mass is 10.1. The maximum Gasteiger partial charge on any atom is 0.193 e. The first kappa shape index (κ1) is 16.8. The summed E-state index contributed by atoms with van der Waals surface area (Å²) in [5.74, 6) is 1.03. The topological polar surface area (TPSA) is 79.9 Å². The van der Waals surface area contributed by atoms with Gasteiger partial charge >= 0.3 is 0 Å². The Bertz CT molecular complexity index is 636. The van der Waals surface area contributed by atoms with E-state index in [1.807, 2.05) is 36.4 Å². The summed E-state index contributed by atoms with van der Waals surface area (Å²) in [4.78, 5) is 4.18. The van der Waals surface area contributed by atoms with E-state index in [1.165, 1.54) is 5.56 Å². The van der Waals surface area contributed by atoms with Crippen LogP contribution in [0.4, 0.5) is 5.69 Å². The molecule has 0 spiro atoms. The summed E-state index contributed by atoms with van der Waals surface area (Å²) in [6, 6.07) is 15.2. The number of nitrogens with two attached hydrogens (primary N) is 1. The summed E-state index contributed by atoms with van der Waals surface area (Å²) in [5, 5.41) is 13.2. The van der Waals surface area contributed by atoms with Gasteiger partial charge in [-0.15, -0.1) is 0 Å². The van der Waals surface area contributed by atoms with Gasteiger partial charge in [-0.05, 0) is 41.8 Å². The van der Waals surface area contributed by atoms with Crippen molar-refractivity contribution < 1.29 is 9.84 Å². The SMILES string of the molecule is CCc1ccc(NC(N)=NC[C@@H](O)c2ccc(OC)cc2)cc1. The van der Waals surface area contributed by atoms with Gasteiger partial charge in [-0.1, -0.05) is 31.2 Å². The van der Waals surface area contributed by atoms with Crippen molar-refractivity contribution in [1.82, 2.24) is 0 Å². The molecule has 4 N–H and O–H groups in total. The van der Waals surface area contributed by atoms with Gasteiger partial charge in [0.2, 0.25) is 0 Å². The molecule has 0 radical (unpaired) electrons. The number of methoxy groups -OCH3 is 1. The number of aliphatic imine (C=N–C) groups is 1. The van der Waals surface area contributed by atoms with Gasteiger partial charge in [0.25, 0.3) is 0 Å². The fraction of sp³-hybridized carbons (Fsp3) is 0.278. The van der Waals surface area contributed by atoms with Crippen LogP contribution in [0.2, 0.25) is 0 Å². The van der Waals surface area contributed by atoms with Crippen LogP contribution in [-0.2, 0) is 6.42 Å². The average Bonchev–Trinajstić information content (AvgIpc) is 2.60. The van der Waals surface area contributed by atoms with Gasteiger partial charge in [0, 0.05) is 5.69 Å². The van der Waals surface area contributed by atoms with Gasteiger partial charge in [-0.25, -0.2) is 0 Å². The Hall–Kier alpha value is -2.53. The highest BCUT2D eigenvalue weighted by molar-refractivity contribution is 5.92. The van der Waals surface area contributed by atoms with Gasteiger partial charge in [-0.3, -0.25) is 4.99 Å². The first-order chi connectivity index (χ1) is 11.1. The fourth-order valence-corrected chi connectivity index (χ4v) is 2.13. The molecule has 0 heterocycles. The van der Waals surface area contributed by atoms with Crippen LogP contribution in [0.25, 0.3) is 0 Å². The molecule has 2 rings (SSSR count). The molecule has 0 fully saturated rings. The summed E-state index contributed by atoms with van der Waals surface area (Å²) < 4.78 is 5.09. The van der Waals surface area contributed by atoms with Crippen LogP contribution >= 0.6 is 0 Å². The van der Waals surface area contributed by atoms with Crippen LogP contribution in [0, 0.1) is 0 Å². The van der Waals surface area contributed by atoms with E-state index in [0.29, 0.717) is 0 Å². The zero-order chi connectivity index (χ0) is 16.7. The quantitative estimate of drug-likeness (QED) is 0.566. The zero-order valence-electron chi connectivity index (χ0n) is 13.5. The molecular weight excluding hydrogens is 290 g/mol. The van der Waals surface area contributed by atoms with Crippen molar-refractivity contribution >= 4 is 11.6 Å². The number of guanidine groups is 1. The Balaban J connectivity index is 1.91. The normalized spacial score (nSPS) is 12.7. The number of nitrogens with zero attached hydrogens (tertiary/aromatic N) is 1. The fourth-order valence-electron chi connectivity index (χ4n) is 2.13. The number of nitrogens with one attached hydrogen (secondary N) is 1. The Labute approximate surface area is 136 Å². The average molecular weight is 313 g/mol. The number of aliphatic hydroxyl groups is 1. The minimum absolute atomic E-state index is 0.193. The monoisotopic (exact) mass is 313 g/mol. The molecule has 23 heavy (non-hydrogen) atoms. The molecule has 5 heteroatoms. The first-order valence-electron chi connectivity index (χ1n) is 7.60. The van der Waals surface area contributed by atoms with Crippen LogP contribution in [0.1, 0.15) is 24.2 Å². The van der Waals surface area contributed by atoms with E-state index in [9.17, 15) is 5.11 Å². The molecule has 5 nitrogen and oxygen atoms in total. The van der Waals surface area contributed by atoms with Crippen LogP contribution in [0.3, 0.4) is 0 Å². The first-order valence-corrected chi connectivity index (χ1v) is 7.60. The van der Waals surface area contributed by atoms with Crippen molar-refractivity contribution in [2.45, 2.75) is 19.4 Å². The number of anilines is 1. The molecule has 0 unspecified atom stereocenters. The molecular formula is C18H23N3O2. The van der Waals surface area contributed by atoms with Crippen molar-refractivity contribution in [1.29, 1.82) is 0 Å². The maximum atomic E-state index is 10.1. The van der Waals surface area contributed by atoms with Crippen molar-refractivity contribution in [2.24, 2.45) is 10.7 Å². The van der Waals surface area contributed by atoms with Crippen molar-refractivity contribution in [3.8, 4) is 5.75 Å². The molecule has 0 aliphatic rings. The van der Waals surface area contributed by atoms with E-state index in [1.54, 1.807) is 19.2 Å².